The molecular weight excluding hydrogens is 330 g/mol. The Balaban J connectivity index is 1.51. The number of carbonyl (C=O) groups is 2. The predicted molar refractivity (Wildman–Crippen MR) is 91.6 cm³/mol. The number of anilines is 1. The van der Waals surface area contributed by atoms with Gasteiger partial charge in [0.1, 0.15) is 5.92 Å². The molecule has 0 bridgehead atoms. The third-order valence-corrected chi connectivity index (χ3v) is 5.25. The van der Waals surface area contributed by atoms with Crippen molar-refractivity contribution in [1.82, 2.24) is 4.90 Å². The van der Waals surface area contributed by atoms with E-state index in [0.29, 0.717) is 18.5 Å². The van der Waals surface area contributed by atoms with Gasteiger partial charge in [-0.3, -0.25) is 19.7 Å². The first-order valence-electron chi connectivity index (χ1n) is 7.93. The number of rotatable bonds is 5. The minimum atomic E-state index is -0.746. The zero-order valence-electron chi connectivity index (χ0n) is 13.1. The Labute approximate surface area is 143 Å². The molecule has 2 aliphatic rings. The lowest BCUT2D eigenvalue weighted by Crippen LogP contribution is -2.38. The van der Waals surface area contributed by atoms with Gasteiger partial charge in [-0.15, -0.1) is 0 Å². The van der Waals surface area contributed by atoms with Gasteiger partial charge in [-0.1, -0.05) is 12.1 Å². The van der Waals surface area contributed by atoms with E-state index >= 15 is 0 Å². The molecule has 1 aromatic carbocycles. The number of hydrogen-bond acceptors (Lipinski definition) is 5. The topological polar surface area (TPSA) is 92.6 Å². The first kappa shape index (κ1) is 16.8. The number of amides is 2. The van der Waals surface area contributed by atoms with Gasteiger partial charge in [0.15, 0.2) is 0 Å². The first-order valence-corrected chi connectivity index (χ1v) is 9.09. The van der Waals surface area contributed by atoms with E-state index in [1.54, 1.807) is 12.1 Å². The quantitative estimate of drug-likeness (QED) is 0.641. The van der Waals surface area contributed by atoms with E-state index in [-0.39, 0.29) is 11.8 Å². The van der Waals surface area contributed by atoms with Gasteiger partial charge >= 0.3 is 0 Å². The summed E-state index contributed by atoms with van der Waals surface area (Å²) >= 11 is 1.86. The second-order valence-corrected chi connectivity index (χ2v) is 7.28. The van der Waals surface area contributed by atoms with Gasteiger partial charge in [0.25, 0.3) is 0 Å². The van der Waals surface area contributed by atoms with Gasteiger partial charge in [-0.25, -0.2) is 0 Å². The van der Waals surface area contributed by atoms with Gasteiger partial charge in [-0.05, 0) is 17.7 Å². The molecule has 1 heterocycles. The molecule has 1 saturated heterocycles. The van der Waals surface area contributed by atoms with Gasteiger partial charge < -0.3 is 10.2 Å². The Bertz CT molecular complexity index is 643. The van der Waals surface area contributed by atoms with Crippen LogP contribution in [0.2, 0.25) is 0 Å². The molecule has 2 amide bonds. The van der Waals surface area contributed by atoms with Crippen LogP contribution in [0.25, 0.3) is 0 Å². The number of hydrogen-bond donors (Lipinski definition) is 1. The van der Waals surface area contributed by atoms with Gasteiger partial charge in [0.05, 0.1) is 6.42 Å². The largest absolute Gasteiger partial charge is 0.341 e. The molecule has 8 heteroatoms. The number of benzene rings is 1. The molecular formula is C16H19N3O4S. The number of carbonyl (C=O) groups excluding carboxylic acids is 2. The van der Waals surface area contributed by atoms with Crippen LogP contribution in [0.5, 0.6) is 0 Å². The van der Waals surface area contributed by atoms with Crippen molar-refractivity contribution in [3.8, 4) is 0 Å². The van der Waals surface area contributed by atoms with Crippen molar-refractivity contribution in [3.63, 3.8) is 0 Å². The monoisotopic (exact) mass is 349 g/mol. The third-order valence-electron chi connectivity index (χ3n) is 4.30. The van der Waals surface area contributed by atoms with Crippen LogP contribution < -0.4 is 5.32 Å². The number of nitrogens with zero attached hydrogens (tertiary/aromatic N) is 2. The molecule has 7 nitrogen and oxygen atoms in total. The summed E-state index contributed by atoms with van der Waals surface area (Å²) in [7, 11) is 0. The highest BCUT2D eigenvalue weighted by Crippen LogP contribution is 2.34. The fourth-order valence-electron chi connectivity index (χ4n) is 2.74. The summed E-state index contributed by atoms with van der Waals surface area (Å²) in [6.07, 6.45) is 0.657. The second kappa shape index (κ2) is 7.21. The number of nitro groups is 1. The standard InChI is InChI=1S/C16H19N3O4S/c20-15(18-5-7-24-8-6-18)9-11-1-3-12(4-2-11)17-16(21)13-10-14(13)19(22)23/h1-4,13-14H,5-10H2,(H,17,21). The van der Waals surface area contributed by atoms with E-state index in [1.807, 2.05) is 28.8 Å². The van der Waals surface area contributed by atoms with Crippen molar-refractivity contribution in [1.29, 1.82) is 0 Å². The van der Waals surface area contributed by atoms with Crippen LogP contribution in [0.4, 0.5) is 5.69 Å². The molecule has 1 aliphatic carbocycles. The summed E-state index contributed by atoms with van der Waals surface area (Å²) in [4.78, 5) is 36.2. The highest BCUT2D eigenvalue weighted by molar-refractivity contribution is 7.99. The van der Waals surface area contributed by atoms with Crippen molar-refractivity contribution in [2.24, 2.45) is 5.92 Å². The Morgan fingerprint density at radius 2 is 1.92 bits per heavy atom. The molecule has 24 heavy (non-hydrogen) atoms. The molecule has 128 valence electrons. The maximum atomic E-state index is 12.2. The van der Waals surface area contributed by atoms with E-state index in [0.717, 1.165) is 30.2 Å². The molecule has 1 saturated carbocycles. The predicted octanol–water partition coefficient (Wildman–Crippen LogP) is 1.41. The third kappa shape index (κ3) is 4.05. The fourth-order valence-corrected chi connectivity index (χ4v) is 3.64. The zero-order valence-corrected chi connectivity index (χ0v) is 14.0. The SMILES string of the molecule is O=C(Nc1ccc(CC(=O)N2CCSCC2)cc1)C1CC1[N+](=O)[O-]. The molecule has 0 spiro atoms. The lowest BCUT2D eigenvalue weighted by molar-refractivity contribution is -0.497. The highest BCUT2D eigenvalue weighted by atomic mass is 32.2. The van der Waals surface area contributed by atoms with E-state index in [9.17, 15) is 19.7 Å². The molecule has 1 N–H and O–H groups in total. The van der Waals surface area contributed by atoms with Crippen molar-refractivity contribution in [3.05, 3.63) is 39.9 Å². The second-order valence-electron chi connectivity index (χ2n) is 6.05. The van der Waals surface area contributed by atoms with Crippen molar-refractivity contribution >= 4 is 29.3 Å². The number of thioether (sulfide) groups is 1. The van der Waals surface area contributed by atoms with Crippen molar-refractivity contribution in [2.45, 2.75) is 18.9 Å². The Kier molecular flexibility index (Phi) is 5.03. The summed E-state index contributed by atoms with van der Waals surface area (Å²) in [5.74, 6) is 1.26. The molecule has 1 aliphatic heterocycles. The lowest BCUT2D eigenvalue weighted by Gasteiger charge is -2.26. The van der Waals surface area contributed by atoms with Gasteiger partial charge in [0, 0.05) is 41.6 Å². The Hall–Kier alpha value is -2.09. The van der Waals surface area contributed by atoms with Crippen LogP contribution >= 0.6 is 11.8 Å². The van der Waals surface area contributed by atoms with E-state index in [4.69, 9.17) is 0 Å². The lowest BCUT2D eigenvalue weighted by atomic mass is 10.1. The minimum Gasteiger partial charge on any atom is -0.341 e. The summed E-state index contributed by atoms with van der Waals surface area (Å²) in [5.41, 5.74) is 1.49. The zero-order chi connectivity index (χ0) is 17.1. The smallest absolute Gasteiger partial charge is 0.234 e. The van der Waals surface area contributed by atoms with Crippen LogP contribution in [-0.2, 0) is 16.0 Å². The summed E-state index contributed by atoms with van der Waals surface area (Å²) in [6.45, 7) is 1.60. The van der Waals surface area contributed by atoms with Crippen LogP contribution in [-0.4, -0.2) is 52.3 Å². The molecule has 0 aromatic heterocycles. The average Bonchev–Trinajstić information content (AvgIpc) is 3.38. The number of nitrogens with one attached hydrogen (secondary N) is 1. The molecule has 1 aromatic rings. The highest BCUT2D eigenvalue weighted by Gasteiger charge is 2.53. The molecule has 2 fully saturated rings. The van der Waals surface area contributed by atoms with Crippen molar-refractivity contribution < 1.29 is 14.5 Å². The minimum absolute atomic E-state index is 0.124. The van der Waals surface area contributed by atoms with Crippen LogP contribution in [0.1, 0.15) is 12.0 Å². The maximum Gasteiger partial charge on any atom is 0.234 e. The molecule has 3 rings (SSSR count). The fraction of sp³-hybridized carbons (Fsp3) is 0.500. The average molecular weight is 349 g/mol. The maximum absolute atomic E-state index is 12.2. The normalized spacial score (nSPS) is 22.8. The summed E-state index contributed by atoms with van der Waals surface area (Å²) in [6, 6.07) is 6.34. The Morgan fingerprint density at radius 3 is 2.50 bits per heavy atom. The van der Waals surface area contributed by atoms with Gasteiger partial charge in [-0.2, -0.15) is 11.8 Å². The van der Waals surface area contributed by atoms with Crippen LogP contribution in [0.3, 0.4) is 0 Å². The molecule has 0 radical (unpaired) electrons. The summed E-state index contributed by atoms with van der Waals surface area (Å²) < 4.78 is 0. The van der Waals surface area contributed by atoms with Gasteiger partial charge in [0.2, 0.25) is 17.9 Å². The summed E-state index contributed by atoms with van der Waals surface area (Å²) in [5, 5.41) is 13.3. The Morgan fingerprint density at radius 1 is 1.25 bits per heavy atom. The van der Waals surface area contributed by atoms with E-state index in [1.165, 1.54) is 0 Å². The van der Waals surface area contributed by atoms with Crippen LogP contribution in [0, 0.1) is 16.0 Å². The van der Waals surface area contributed by atoms with E-state index < -0.39 is 16.9 Å². The molecule has 2 unspecified atom stereocenters. The van der Waals surface area contributed by atoms with Crippen LogP contribution in [0.15, 0.2) is 24.3 Å². The van der Waals surface area contributed by atoms with E-state index in [2.05, 4.69) is 5.32 Å². The molecule has 2 atom stereocenters. The first-order chi connectivity index (χ1) is 11.5. The van der Waals surface area contributed by atoms with Crippen molar-refractivity contribution in [2.75, 3.05) is 29.9 Å².